The predicted octanol–water partition coefficient (Wildman–Crippen LogP) is 3.78. The third kappa shape index (κ3) is 3.67. The van der Waals surface area contributed by atoms with Crippen LogP contribution in [-0.2, 0) is 21.5 Å². The second-order valence-electron chi connectivity index (χ2n) is 8.18. The number of amides is 4. The lowest BCUT2D eigenvalue weighted by Crippen LogP contribution is -2.44. The zero-order valence-electron chi connectivity index (χ0n) is 17.3. The molecule has 8 heteroatoms. The highest BCUT2D eigenvalue weighted by Crippen LogP contribution is 2.35. The number of carbonyl (C=O) groups is 3. The Bertz CT molecular complexity index is 1080. The molecule has 31 heavy (non-hydrogen) atoms. The molecule has 0 radical (unpaired) electrons. The molecule has 1 aliphatic carbocycles. The van der Waals surface area contributed by atoms with Gasteiger partial charge < -0.3 is 10.2 Å². The summed E-state index contributed by atoms with van der Waals surface area (Å²) in [5.74, 6) is -1.48. The predicted molar refractivity (Wildman–Crippen MR) is 114 cm³/mol. The molecule has 2 aliphatic rings. The fourth-order valence-corrected chi connectivity index (χ4v) is 4.83. The second-order valence-corrected chi connectivity index (χ2v) is 8.59. The highest BCUT2D eigenvalue weighted by molar-refractivity contribution is 6.32. The highest BCUT2D eigenvalue weighted by Gasteiger charge is 2.50. The smallest absolute Gasteiger partial charge is 0.325 e. The molecule has 6 nitrogen and oxygen atoms in total. The summed E-state index contributed by atoms with van der Waals surface area (Å²) in [5.41, 5.74) is 1.12. The average Bonchev–Trinajstić information content (AvgIpc) is 2.96. The Kier molecular flexibility index (Phi) is 5.47. The standard InChI is InChI=1S/C23H23ClFN3O3/c1-23(17-11-10-15(25)12-18(17)24)21(30)28(22(31)26-23)13-20(29)27(2)19-9-5-7-14-6-3-4-8-16(14)19/h3-4,6,8,10-12,19H,5,7,9,13H2,1-2H3,(H,26,31). The monoisotopic (exact) mass is 443 g/mol. The molecule has 1 N–H and O–H groups in total. The first kappa shape index (κ1) is 21.3. The van der Waals surface area contributed by atoms with Gasteiger partial charge >= 0.3 is 6.03 Å². The fourth-order valence-electron chi connectivity index (χ4n) is 4.47. The van der Waals surface area contributed by atoms with Crippen molar-refractivity contribution in [2.45, 2.75) is 37.8 Å². The fraction of sp³-hybridized carbons (Fsp3) is 0.348. The van der Waals surface area contributed by atoms with Crippen molar-refractivity contribution < 1.29 is 18.8 Å². The average molecular weight is 444 g/mol. The van der Waals surface area contributed by atoms with Gasteiger partial charge in [0.05, 0.1) is 6.04 Å². The number of halogens is 2. The number of urea groups is 1. The Balaban J connectivity index is 1.54. The van der Waals surface area contributed by atoms with E-state index in [9.17, 15) is 18.8 Å². The molecule has 2 aromatic rings. The van der Waals surface area contributed by atoms with Gasteiger partial charge in [0.15, 0.2) is 0 Å². The first-order valence-corrected chi connectivity index (χ1v) is 10.5. The van der Waals surface area contributed by atoms with E-state index in [1.165, 1.54) is 24.6 Å². The molecule has 4 amide bonds. The Morgan fingerprint density at radius 2 is 2.03 bits per heavy atom. The van der Waals surface area contributed by atoms with Crippen molar-refractivity contribution in [1.29, 1.82) is 0 Å². The minimum atomic E-state index is -1.47. The van der Waals surface area contributed by atoms with Crippen molar-refractivity contribution in [1.82, 2.24) is 15.1 Å². The molecule has 162 valence electrons. The molecule has 1 fully saturated rings. The zero-order chi connectivity index (χ0) is 22.3. The summed E-state index contributed by atoms with van der Waals surface area (Å²) in [7, 11) is 1.70. The minimum Gasteiger partial charge on any atom is -0.337 e. The van der Waals surface area contributed by atoms with Gasteiger partial charge in [-0.25, -0.2) is 9.18 Å². The summed E-state index contributed by atoms with van der Waals surface area (Å²) in [6, 6.07) is 10.9. The molecule has 0 saturated carbocycles. The van der Waals surface area contributed by atoms with E-state index >= 15 is 0 Å². The van der Waals surface area contributed by atoms with Crippen LogP contribution in [0.5, 0.6) is 0 Å². The molecular weight excluding hydrogens is 421 g/mol. The van der Waals surface area contributed by atoms with Crippen LogP contribution in [0.2, 0.25) is 5.02 Å². The van der Waals surface area contributed by atoms with Crippen LogP contribution in [-0.4, -0.2) is 41.2 Å². The number of likely N-dealkylation sites (N-methyl/N-ethyl adjacent to an activating group) is 1. The number of imide groups is 1. The normalized spacial score (nSPS) is 22.8. The van der Waals surface area contributed by atoms with Gasteiger partial charge in [0.1, 0.15) is 17.9 Å². The maximum atomic E-state index is 13.4. The quantitative estimate of drug-likeness (QED) is 0.731. The number of hydrogen-bond acceptors (Lipinski definition) is 3. The van der Waals surface area contributed by atoms with Crippen molar-refractivity contribution in [2.75, 3.05) is 13.6 Å². The Labute approximate surface area is 185 Å². The van der Waals surface area contributed by atoms with Crippen LogP contribution in [0, 0.1) is 5.82 Å². The molecule has 0 aromatic heterocycles. The van der Waals surface area contributed by atoms with E-state index in [4.69, 9.17) is 11.6 Å². The third-order valence-electron chi connectivity index (χ3n) is 6.24. The molecule has 0 spiro atoms. The number of rotatable bonds is 4. The van der Waals surface area contributed by atoms with Crippen LogP contribution in [0.1, 0.15) is 42.5 Å². The van der Waals surface area contributed by atoms with Gasteiger partial charge in [-0.2, -0.15) is 0 Å². The lowest BCUT2D eigenvalue weighted by Gasteiger charge is -2.34. The molecular formula is C23H23ClFN3O3. The summed E-state index contributed by atoms with van der Waals surface area (Å²) in [4.78, 5) is 41.3. The molecule has 4 rings (SSSR count). The van der Waals surface area contributed by atoms with Crippen LogP contribution in [0.3, 0.4) is 0 Å². The van der Waals surface area contributed by atoms with Crippen molar-refractivity contribution >= 4 is 29.4 Å². The SMILES string of the molecule is CN(C(=O)CN1C(=O)NC(C)(c2ccc(F)cc2Cl)C1=O)C1CCCc2ccccc21. The number of aryl methyl sites for hydroxylation is 1. The van der Waals surface area contributed by atoms with Gasteiger partial charge in [0, 0.05) is 17.6 Å². The van der Waals surface area contributed by atoms with Gasteiger partial charge in [-0.1, -0.05) is 41.9 Å². The van der Waals surface area contributed by atoms with Gasteiger partial charge in [-0.15, -0.1) is 0 Å². The van der Waals surface area contributed by atoms with Crippen LogP contribution in [0.15, 0.2) is 42.5 Å². The van der Waals surface area contributed by atoms with Gasteiger partial charge in [0.2, 0.25) is 5.91 Å². The summed E-state index contributed by atoms with van der Waals surface area (Å²) < 4.78 is 13.4. The van der Waals surface area contributed by atoms with Crippen LogP contribution in [0.4, 0.5) is 9.18 Å². The Morgan fingerprint density at radius 3 is 2.77 bits per heavy atom. The van der Waals surface area contributed by atoms with E-state index in [-0.39, 0.29) is 29.1 Å². The number of carbonyl (C=O) groups excluding carboxylic acids is 3. The van der Waals surface area contributed by atoms with Crippen molar-refractivity contribution in [2.24, 2.45) is 0 Å². The third-order valence-corrected chi connectivity index (χ3v) is 6.55. The summed E-state index contributed by atoms with van der Waals surface area (Å²) in [6.45, 7) is 1.12. The van der Waals surface area contributed by atoms with E-state index in [1.54, 1.807) is 11.9 Å². The summed E-state index contributed by atoms with van der Waals surface area (Å²) >= 11 is 6.13. The number of benzene rings is 2. The van der Waals surface area contributed by atoms with Crippen molar-refractivity contribution in [3.63, 3.8) is 0 Å². The molecule has 0 bridgehead atoms. The first-order valence-electron chi connectivity index (χ1n) is 10.2. The number of nitrogens with zero attached hydrogens (tertiary/aromatic N) is 2. The molecule has 2 aromatic carbocycles. The lowest BCUT2D eigenvalue weighted by atomic mass is 9.87. The second kappa shape index (κ2) is 7.96. The van der Waals surface area contributed by atoms with Crippen LogP contribution >= 0.6 is 11.6 Å². The molecule has 1 aliphatic heterocycles. The largest absolute Gasteiger partial charge is 0.337 e. The lowest BCUT2D eigenvalue weighted by molar-refractivity contribution is -0.139. The molecule has 1 saturated heterocycles. The van der Waals surface area contributed by atoms with E-state index < -0.39 is 23.3 Å². The highest BCUT2D eigenvalue weighted by atomic mass is 35.5. The van der Waals surface area contributed by atoms with Gasteiger partial charge in [-0.05, 0) is 49.4 Å². The summed E-state index contributed by atoms with van der Waals surface area (Å²) in [5, 5.41) is 2.63. The van der Waals surface area contributed by atoms with Crippen molar-refractivity contribution in [3.05, 3.63) is 70.0 Å². The topological polar surface area (TPSA) is 69.7 Å². The number of fused-ring (bicyclic) bond motifs is 1. The zero-order valence-corrected chi connectivity index (χ0v) is 18.1. The van der Waals surface area contributed by atoms with Gasteiger partial charge in [-0.3, -0.25) is 14.5 Å². The first-order chi connectivity index (χ1) is 14.7. The van der Waals surface area contributed by atoms with E-state index in [0.717, 1.165) is 35.8 Å². The number of nitrogens with one attached hydrogen (secondary N) is 1. The van der Waals surface area contributed by atoms with Gasteiger partial charge in [0.25, 0.3) is 5.91 Å². The summed E-state index contributed by atoms with van der Waals surface area (Å²) in [6.07, 6.45) is 2.75. The van der Waals surface area contributed by atoms with E-state index in [0.29, 0.717) is 0 Å². The maximum Gasteiger partial charge on any atom is 0.325 e. The maximum absolute atomic E-state index is 13.4. The Hall–Kier alpha value is -2.93. The van der Waals surface area contributed by atoms with Crippen molar-refractivity contribution in [3.8, 4) is 0 Å². The molecule has 1 heterocycles. The van der Waals surface area contributed by atoms with Crippen LogP contribution in [0.25, 0.3) is 0 Å². The number of hydrogen-bond donors (Lipinski definition) is 1. The van der Waals surface area contributed by atoms with E-state index in [2.05, 4.69) is 11.4 Å². The van der Waals surface area contributed by atoms with Crippen LogP contribution < -0.4 is 5.32 Å². The Morgan fingerprint density at radius 1 is 1.29 bits per heavy atom. The molecule has 2 unspecified atom stereocenters. The minimum absolute atomic E-state index is 0.0280. The molecule has 2 atom stereocenters. The van der Waals surface area contributed by atoms with E-state index in [1.807, 2.05) is 18.2 Å².